The van der Waals surface area contributed by atoms with Crippen molar-refractivity contribution in [1.29, 1.82) is 0 Å². The van der Waals surface area contributed by atoms with Gasteiger partial charge in [0, 0.05) is 24.4 Å². The maximum Gasteiger partial charge on any atom is 0.287 e. The summed E-state index contributed by atoms with van der Waals surface area (Å²) in [6, 6.07) is 13.9. The number of ether oxygens (including phenoxy) is 1. The van der Waals surface area contributed by atoms with Gasteiger partial charge in [-0.05, 0) is 24.3 Å². The Hall–Kier alpha value is -3.62. The molecule has 0 bridgehead atoms. The van der Waals surface area contributed by atoms with Gasteiger partial charge >= 0.3 is 0 Å². The lowest BCUT2D eigenvalue weighted by molar-refractivity contribution is -0.131. The van der Waals surface area contributed by atoms with Crippen molar-refractivity contribution in [3.05, 3.63) is 60.6 Å². The number of carbonyl (C=O) groups excluding carboxylic acids is 1. The molecule has 1 aliphatic heterocycles. The van der Waals surface area contributed by atoms with Crippen molar-refractivity contribution in [3.63, 3.8) is 0 Å². The first-order valence-electron chi connectivity index (χ1n) is 9.49. The van der Waals surface area contributed by atoms with Gasteiger partial charge in [0.05, 0.1) is 23.9 Å². The third-order valence-electron chi connectivity index (χ3n) is 5.20. The van der Waals surface area contributed by atoms with Crippen molar-refractivity contribution in [2.75, 3.05) is 13.1 Å². The molecule has 1 aliphatic rings. The Balaban J connectivity index is 1.37. The molecule has 3 aromatic heterocycles. The van der Waals surface area contributed by atoms with Crippen LogP contribution in [0.2, 0.25) is 0 Å². The second-order valence-electron chi connectivity index (χ2n) is 7.18. The van der Waals surface area contributed by atoms with Crippen molar-refractivity contribution in [3.8, 4) is 5.88 Å². The van der Waals surface area contributed by atoms with Crippen LogP contribution in [0.5, 0.6) is 5.88 Å². The summed E-state index contributed by atoms with van der Waals surface area (Å²) >= 11 is 0. The Morgan fingerprint density at radius 1 is 1.13 bits per heavy atom. The SMILES string of the molecule is O=C(c1ccc2[nH]cnc2n1)N1CCC(F)(F)[C@@H](Oc2ccc3ccccc3n2)C1. The minimum atomic E-state index is -3.08. The highest BCUT2D eigenvalue weighted by molar-refractivity contribution is 5.94. The van der Waals surface area contributed by atoms with E-state index >= 15 is 0 Å². The Morgan fingerprint density at radius 2 is 2.00 bits per heavy atom. The van der Waals surface area contributed by atoms with E-state index in [-0.39, 0.29) is 24.7 Å². The Bertz CT molecular complexity index is 1240. The summed E-state index contributed by atoms with van der Waals surface area (Å²) in [4.78, 5) is 29.7. The van der Waals surface area contributed by atoms with E-state index < -0.39 is 24.4 Å². The van der Waals surface area contributed by atoms with Gasteiger partial charge < -0.3 is 14.6 Å². The molecule has 4 heterocycles. The summed E-state index contributed by atoms with van der Waals surface area (Å²) in [6.45, 7) is -0.349. The lowest BCUT2D eigenvalue weighted by Crippen LogP contribution is -2.55. The molecular formula is C21H17F2N5O2. The minimum Gasteiger partial charge on any atom is -0.466 e. The molecule has 1 saturated heterocycles. The van der Waals surface area contributed by atoms with Crippen LogP contribution < -0.4 is 4.74 Å². The van der Waals surface area contributed by atoms with Gasteiger partial charge in [-0.2, -0.15) is 0 Å². The van der Waals surface area contributed by atoms with E-state index in [4.69, 9.17) is 4.74 Å². The monoisotopic (exact) mass is 409 g/mol. The van der Waals surface area contributed by atoms with Crippen LogP contribution in [0.25, 0.3) is 22.1 Å². The molecule has 9 heteroatoms. The second-order valence-corrected chi connectivity index (χ2v) is 7.18. The number of imidazole rings is 1. The second kappa shape index (κ2) is 7.01. The number of alkyl halides is 2. The molecular weight excluding hydrogens is 392 g/mol. The van der Waals surface area contributed by atoms with Crippen LogP contribution >= 0.6 is 0 Å². The number of para-hydroxylation sites is 1. The number of halogens is 2. The molecule has 0 unspecified atom stereocenters. The van der Waals surface area contributed by atoms with Gasteiger partial charge in [0.15, 0.2) is 11.8 Å². The first-order chi connectivity index (χ1) is 14.5. The van der Waals surface area contributed by atoms with Crippen LogP contribution in [-0.2, 0) is 0 Å². The number of piperidine rings is 1. The third-order valence-corrected chi connectivity index (χ3v) is 5.20. The number of hydrogen-bond acceptors (Lipinski definition) is 5. The van der Waals surface area contributed by atoms with Crippen LogP contribution in [-0.4, -0.2) is 55.9 Å². The highest BCUT2D eigenvalue weighted by atomic mass is 19.3. The van der Waals surface area contributed by atoms with E-state index in [1.807, 2.05) is 18.2 Å². The number of pyridine rings is 2. The van der Waals surface area contributed by atoms with Gasteiger partial charge in [-0.25, -0.2) is 23.7 Å². The molecule has 1 fully saturated rings. The Morgan fingerprint density at radius 3 is 2.90 bits per heavy atom. The van der Waals surface area contributed by atoms with Crippen LogP contribution in [0.15, 0.2) is 54.9 Å². The van der Waals surface area contributed by atoms with Gasteiger partial charge in [0.2, 0.25) is 5.88 Å². The van der Waals surface area contributed by atoms with Crippen molar-refractivity contribution in [2.24, 2.45) is 0 Å². The highest BCUT2D eigenvalue weighted by Gasteiger charge is 2.47. The molecule has 0 spiro atoms. The van der Waals surface area contributed by atoms with E-state index in [1.54, 1.807) is 30.3 Å². The summed E-state index contributed by atoms with van der Waals surface area (Å²) in [6.07, 6.45) is -0.520. The lowest BCUT2D eigenvalue weighted by atomic mass is 10.0. The maximum absolute atomic E-state index is 14.6. The predicted molar refractivity (Wildman–Crippen MR) is 106 cm³/mol. The molecule has 1 N–H and O–H groups in total. The van der Waals surface area contributed by atoms with Crippen molar-refractivity contribution < 1.29 is 18.3 Å². The number of rotatable bonds is 3. The molecule has 1 aromatic carbocycles. The number of nitrogens with zero attached hydrogens (tertiary/aromatic N) is 4. The van der Waals surface area contributed by atoms with Crippen molar-refractivity contribution in [2.45, 2.75) is 18.4 Å². The molecule has 0 aliphatic carbocycles. The number of likely N-dealkylation sites (tertiary alicyclic amines) is 1. The van der Waals surface area contributed by atoms with Gasteiger partial charge in [-0.15, -0.1) is 0 Å². The highest BCUT2D eigenvalue weighted by Crippen LogP contribution is 2.32. The first-order valence-corrected chi connectivity index (χ1v) is 9.49. The smallest absolute Gasteiger partial charge is 0.287 e. The number of aromatic amines is 1. The van der Waals surface area contributed by atoms with Crippen LogP contribution in [0.4, 0.5) is 8.78 Å². The molecule has 7 nitrogen and oxygen atoms in total. The van der Waals surface area contributed by atoms with E-state index in [1.165, 1.54) is 11.2 Å². The fourth-order valence-corrected chi connectivity index (χ4v) is 3.54. The average Bonchev–Trinajstić information content (AvgIpc) is 3.22. The summed E-state index contributed by atoms with van der Waals surface area (Å²) in [5.74, 6) is -3.41. The van der Waals surface area contributed by atoms with E-state index in [0.29, 0.717) is 16.7 Å². The number of hydrogen-bond donors (Lipinski definition) is 1. The average molecular weight is 409 g/mol. The number of carbonyl (C=O) groups is 1. The first kappa shape index (κ1) is 18.4. The standard InChI is InChI=1S/C21H17F2N5O2/c22-21(23)9-10-28(20(29)16-7-6-15-19(27-16)25-12-24-15)11-17(21)30-18-8-5-13-3-1-2-4-14(13)26-18/h1-8,12,17H,9-11H2,(H,24,25,27)/t17-/m0/s1. The summed E-state index contributed by atoms with van der Waals surface area (Å²) in [7, 11) is 0. The number of fused-ring (bicyclic) bond motifs is 2. The Kier molecular flexibility index (Phi) is 4.30. The summed E-state index contributed by atoms with van der Waals surface area (Å²) in [5, 5.41) is 0.886. The Labute approximate surface area is 169 Å². The van der Waals surface area contributed by atoms with Crippen molar-refractivity contribution >= 4 is 28.0 Å². The van der Waals surface area contributed by atoms with Crippen LogP contribution in [0.3, 0.4) is 0 Å². The number of H-pyrrole nitrogens is 1. The zero-order chi connectivity index (χ0) is 20.7. The fourth-order valence-electron chi connectivity index (χ4n) is 3.54. The molecule has 4 aromatic rings. The van der Waals surface area contributed by atoms with E-state index in [9.17, 15) is 13.6 Å². The number of benzene rings is 1. The van der Waals surface area contributed by atoms with Crippen LogP contribution in [0, 0.1) is 0 Å². The predicted octanol–water partition coefficient (Wildman–Crippen LogP) is 3.43. The third kappa shape index (κ3) is 3.32. The topological polar surface area (TPSA) is 84.0 Å². The summed E-state index contributed by atoms with van der Waals surface area (Å²) in [5.41, 5.74) is 1.90. The maximum atomic E-state index is 14.6. The number of amides is 1. The normalized spacial score (nSPS) is 18.6. The largest absolute Gasteiger partial charge is 0.466 e. The minimum absolute atomic E-state index is 0.0862. The van der Waals surface area contributed by atoms with E-state index in [2.05, 4.69) is 19.9 Å². The molecule has 152 valence electrons. The summed E-state index contributed by atoms with van der Waals surface area (Å²) < 4.78 is 34.7. The van der Waals surface area contributed by atoms with Gasteiger partial charge in [0.1, 0.15) is 5.69 Å². The van der Waals surface area contributed by atoms with Crippen molar-refractivity contribution in [1.82, 2.24) is 24.8 Å². The molecule has 1 amide bonds. The van der Waals surface area contributed by atoms with E-state index in [0.717, 1.165) is 5.39 Å². The molecule has 5 rings (SSSR count). The lowest BCUT2D eigenvalue weighted by Gasteiger charge is -2.37. The number of aromatic nitrogens is 4. The molecule has 30 heavy (non-hydrogen) atoms. The van der Waals surface area contributed by atoms with Gasteiger partial charge in [0.25, 0.3) is 11.8 Å². The molecule has 1 atom stereocenters. The molecule has 0 radical (unpaired) electrons. The zero-order valence-corrected chi connectivity index (χ0v) is 15.8. The molecule has 0 saturated carbocycles. The van der Waals surface area contributed by atoms with Gasteiger partial charge in [-0.3, -0.25) is 4.79 Å². The van der Waals surface area contributed by atoms with Gasteiger partial charge in [-0.1, -0.05) is 18.2 Å². The number of nitrogens with one attached hydrogen (secondary N) is 1. The zero-order valence-electron chi connectivity index (χ0n) is 15.8. The quantitative estimate of drug-likeness (QED) is 0.560. The fraction of sp³-hybridized carbons (Fsp3) is 0.238. The van der Waals surface area contributed by atoms with Crippen LogP contribution in [0.1, 0.15) is 16.9 Å².